The van der Waals surface area contributed by atoms with E-state index < -0.39 is 15.9 Å². The Labute approximate surface area is 154 Å². The summed E-state index contributed by atoms with van der Waals surface area (Å²) < 4.78 is 23.7. The van der Waals surface area contributed by atoms with Crippen LogP contribution in [0.5, 0.6) is 0 Å². The lowest BCUT2D eigenvalue weighted by Gasteiger charge is -2.28. The Morgan fingerprint density at radius 2 is 1.81 bits per heavy atom. The Morgan fingerprint density at radius 3 is 2.42 bits per heavy atom. The minimum absolute atomic E-state index is 0.0863. The molecule has 0 saturated heterocycles. The van der Waals surface area contributed by atoms with E-state index in [1.807, 2.05) is 62.4 Å². The summed E-state index contributed by atoms with van der Waals surface area (Å²) in [6, 6.07) is 14.8. The predicted molar refractivity (Wildman–Crippen MR) is 105 cm³/mol. The molecule has 0 aliphatic carbocycles. The SMILES string of the molecule is Cc1ccc(N(C(=O)CNc2ccccc2C)[C@@H]2C=CS(=O)(=O)C2)cc1. The maximum absolute atomic E-state index is 12.9. The van der Waals surface area contributed by atoms with Crippen LogP contribution in [0.15, 0.2) is 60.0 Å². The number of nitrogens with one attached hydrogen (secondary N) is 1. The molecule has 1 aliphatic heterocycles. The lowest BCUT2D eigenvalue weighted by Crippen LogP contribution is -2.44. The second-order valence-corrected chi connectivity index (χ2v) is 8.42. The fourth-order valence-electron chi connectivity index (χ4n) is 2.97. The molecule has 6 heteroatoms. The number of anilines is 2. The van der Waals surface area contributed by atoms with Crippen LogP contribution in [0.25, 0.3) is 0 Å². The number of aryl methyl sites for hydroxylation is 2. The minimum Gasteiger partial charge on any atom is -0.376 e. The minimum atomic E-state index is -3.26. The first-order valence-corrected chi connectivity index (χ1v) is 10.2. The smallest absolute Gasteiger partial charge is 0.246 e. The quantitative estimate of drug-likeness (QED) is 0.878. The largest absolute Gasteiger partial charge is 0.376 e. The van der Waals surface area contributed by atoms with E-state index in [0.29, 0.717) is 5.69 Å². The molecule has 0 aromatic heterocycles. The fraction of sp³-hybridized carbons (Fsp3) is 0.250. The normalized spacial score (nSPS) is 17.8. The molecule has 2 aromatic rings. The van der Waals surface area contributed by atoms with Crippen LogP contribution in [0.3, 0.4) is 0 Å². The Kier molecular flexibility index (Phi) is 5.13. The average Bonchev–Trinajstić information content (AvgIpc) is 2.95. The van der Waals surface area contributed by atoms with Crippen molar-refractivity contribution in [3.05, 3.63) is 71.1 Å². The van der Waals surface area contributed by atoms with Gasteiger partial charge < -0.3 is 10.2 Å². The lowest BCUT2D eigenvalue weighted by atomic mass is 10.1. The monoisotopic (exact) mass is 370 g/mol. The van der Waals surface area contributed by atoms with Gasteiger partial charge in [0, 0.05) is 16.8 Å². The van der Waals surface area contributed by atoms with E-state index in [9.17, 15) is 13.2 Å². The van der Waals surface area contributed by atoms with Crippen LogP contribution < -0.4 is 10.2 Å². The number of hydrogen-bond donors (Lipinski definition) is 1. The molecule has 0 radical (unpaired) electrons. The first kappa shape index (κ1) is 18.2. The summed E-state index contributed by atoms with van der Waals surface area (Å²) in [4.78, 5) is 14.5. The van der Waals surface area contributed by atoms with Gasteiger partial charge in [-0.2, -0.15) is 0 Å². The molecule has 1 N–H and O–H groups in total. The van der Waals surface area contributed by atoms with Crippen LogP contribution in [0, 0.1) is 13.8 Å². The third kappa shape index (κ3) is 4.14. The molecule has 0 unspecified atom stereocenters. The Balaban J connectivity index is 1.83. The van der Waals surface area contributed by atoms with Crippen molar-refractivity contribution in [2.24, 2.45) is 0 Å². The molecule has 1 amide bonds. The van der Waals surface area contributed by atoms with Gasteiger partial charge in [-0.1, -0.05) is 35.9 Å². The average molecular weight is 370 g/mol. The summed E-state index contributed by atoms with van der Waals surface area (Å²) in [5.74, 6) is -0.263. The molecular formula is C20H22N2O3S. The van der Waals surface area contributed by atoms with E-state index in [0.717, 1.165) is 16.8 Å². The topological polar surface area (TPSA) is 66.5 Å². The predicted octanol–water partition coefficient (Wildman–Crippen LogP) is 3.06. The number of sulfone groups is 1. The highest BCUT2D eigenvalue weighted by atomic mass is 32.2. The molecule has 0 spiro atoms. The number of hydrogen-bond acceptors (Lipinski definition) is 4. The second kappa shape index (κ2) is 7.33. The van der Waals surface area contributed by atoms with E-state index in [-0.39, 0.29) is 18.2 Å². The van der Waals surface area contributed by atoms with Crippen molar-refractivity contribution in [3.63, 3.8) is 0 Å². The summed E-state index contributed by atoms with van der Waals surface area (Å²) in [6.07, 6.45) is 1.58. The molecule has 0 bridgehead atoms. The first-order valence-electron chi connectivity index (χ1n) is 8.45. The van der Waals surface area contributed by atoms with Gasteiger partial charge in [-0.05, 0) is 43.7 Å². The molecule has 1 heterocycles. The maximum atomic E-state index is 12.9. The summed E-state index contributed by atoms with van der Waals surface area (Å²) in [6.45, 7) is 4.02. The molecule has 0 fully saturated rings. The summed E-state index contributed by atoms with van der Waals surface area (Å²) >= 11 is 0. The van der Waals surface area contributed by atoms with Gasteiger partial charge in [0.2, 0.25) is 5.91 Å². The summed E-state index contributed by atoms with van der Waals surface area (Å²) in [5.41, 5.74) is 3.71. The van der Waals surface area contributed by atoms with E-state index >= 15 is 0 Å². The molecule has 0 saturated carbocycles. The zero-order valence-electron chi connectivity index (χ0n) is 14.8. The van der Waals surface area contributed by atoms with Crippen LogP contribution >= 0.6 is 0 Å². The number of amides is 1. The summed E-state index contributed by atoms with van der Waals surface area (Å²) in [7, 11) is -3.26. The number of rotatable bonds is 5. The van der Waals surface area contributed by atoms with Gasteiger partial charge in [-0.15, -0.1) is 0 Å². The number of carbonyl (C=O) groups excluding carboxylic acids is 1. The zero-order valence-corrected chi connectivity index (χ0v) is 15.7. The molecule has 26 heavy (non-hydrogen) atoms. The van der Waals surface area contributed by atoms with Crippen LogP contribution in [0.4, 0.5) is 11.4 Å². The van der Waals surface area contributed by atoms with Crippen LogP contribution in [-0.4, -0.2) is 32.7 Å². The Hall–Kier alpha value is -2.60. The number of carbonyl (C=O) groups is 1. The summed E-state index contributed by atoms with van der Waals surface area (Å²) in [5, 5.41) is 4.35. The van der Waals surface area contributed by atoms with Gasteiger partial charge in [-0.25, -0.2) is 8.42 Å². The Morgan fingerprint density at radius 1 is 1.12 bits per heavy atom. The van der Waals surface area contributed by atoms with Crippen molar-refractivity contribution >= 4 is 27.1 Å². The first-order chi connectivity index (χ1) is 12.4. The van der Waals surface area contributed by atoms with Crippen molar-refractivity contribution < 1.29 is 13.2 Å². The number of para-hydroxylation sites is 1. The van der Waals surface area contributed by atoms with Gasteiger partial charge in [0.15, 0.2) is 9.84 Å². The van der Waals surface area contributed by atoms with Crippen LogP contribution in [0.2, 0.25) is 0 Å². The van der Waals surface area contributed by atoms with Crippen LogP contribution in [-0.2, 0) is 14.6 Å². The highest BCUT2D eigenvalue weighted by Crippen LogP contribution is 2.24. The molecule has 1 aliphatic rings. The van der Waals surface area contributed by atoms with Crippen molar-refractivity contribution in [2.45, 2.75) is 19.9 Å². The standard InChI is InChI=1S/C20H22N2O3S/c1-15-7-9-17(10-8-15)22(18-11-12-26(24,25)14-18)20(23)13-21-19-6-4-3-5-16(19)2/h3-12,18,21H,13-14H2,1-2H3/t18-/m1/s1. The van der Waals surface area contributed by atoms with Gasteiger partial charge in [0.25, 0.3) is 0 Å². The third-order valence-electron chi connectivity index (χ3n) is 4.40. The van der Waals surface area contributed by atoms with E-state index in [4.69, 9.17) is 0 Å². The molecular weight excluding hydrogens is 348 g/mol. The van der Waals surface area contributed by atoms with Crippen molar-refractivity contribution in [2.75, 3.05) is 22.5 Å². The molecule has 2 aromatic carbocycles. The van der Waals surface area contributed by atoms with Gasteiger partial charge in [0.1, 0.15) is 0 Å². The molecule has 1 atom stereocenters. The fourth-order valence-corrected chi connectivity index (χ4v) is 4.24. The molecule has 3 rings (SSSR count). The van der Waals surface area contributed by atoms with Gasteiger partial charge in [0.05, 0.1) is 18.3 Å². The highest BCUT2D eigenvalue weighted by Gasteiger charge is 2.31. The van der Waals surface area contributed by atoms with E-state index in [1.165, 1.54) is 5.41 Å². The molecule has 136 valence electrons. The van der Waals surface area contributed by atoms with Gasteiger partial charge in [-0.3, -0.25) is 4.79 Å². The Bertz CT molecular complexity index is 934. The highest BCUT2D eigenvalue weighted by molar-refractivity contribution is 7.94. The van der Waals surface area contributed by atoms with Gasteiger partial charge >= 0.3 is 0 Å². The van der Waals surface area contributed by atoms with Crippen LogP contribution in [0.1, 0.15) is 11.1 Å². The second-order valence-electron chi connectivity index (χ2n) is 6.49. The third-order valence-corrected chi connectivity index (χ3v) is 5.78. The number of nitrogens with zero attached hydrogens (tertiary/aromatic N) is 1. The van der Waals surface area contributed by atoms with Crippen molar-refractivity contribution in [3.8, 4) is 0 Å². The van der Waals surface area contributed by atoms with Crippen molar-refractivity contribution in [1.82, 2.24) is 0 Å². The van der Waals surface area contributed by atoms with E-state index in [2.05, 4.69) is 5.32 Å². The zero-order chi connectivity index (χ0) is 18.7. The van der Waals surface area contributed by atoms with E-state index in [1.54, 1.807) is 11.0 Å². The molecule has 5 nitrogen and oxygen atoms in total. The lowest BCUT2D eigenvalue weighted by molar-refractivity contribution is -0.117. The maximum Gasteiger partial charge on any atom is 0.246 e. The van der Waals surface area contributed by atoms with Crippen molar-refractivity contribution in [1.29, 1.82) is 0 Å². The number of benzene rings is 2.